The summed E-state index contributed by atoms with van der Waals surface area (Å²) in [6.45, 7) is 6.40. The molecule has 0 N–H and O–H groups in total. The van der Waals surface area contributed by atoms with E-state index in [1.807, 2.05) is 13.8 Å². The lowest BCUT2D eigenvalue weighted by Gasteiger charge is -2.43. The molecule has 0 radical (unpaired) electrons. The molecule has 0 saturated carbocycles. The number of benzene rings is 1. The number of carbonyl (C=O) groups is 2. The molecule has 27 heavy (non-hydrogen) atoms. The van der Waals surface area contributed by atoms with Crippen LogP contribution in [-0.2, 0) is 23.8 Å². The highest BCUT2D eigenvalue weighted by atomic mass is 16.7. The number of esters is 2. The van der Waals surface area contributed by atoms with Crippen molar-refractivity contribution in [3.63, 3.8) is 0 Å². The number of nitro groups is 1. The molecule has 2 rings (SSSR count). The zero-order valence-electron chi connectivity index (χ0n) is 15.6. The molecule has 1 heterocycles. The van der Waals surface area contributed by atoms with Crippen molar-refractivity contribution in [1.29, 1.82) is 0 Å². The van der Waals surface area contributed by atoms with E-state index in [9.17, 15) is 19.7 Å². The zero-order chi connectivity index (χ0) is 20.1. The normalized spacial score (nSPS) is 27.5. The van der Waals surface area contributed by atoms with Crippen LogP contribution in [0, 0.1) is 22.0 Å². The van der Waals surface area contributed by atoms with Gasteiger partial charge in [-0.2, -0.15) is 0 Å². The standard InChI is InChI=1S/C18H23NO8/c1-10-11(2)17(25-13(4)21)18(27-16(10)9-24-12(3)20)26-15-7-5-6-14(8-15)19(22)23/h5-8,10-11,16-18H,9H2,1-4H3/t10-,11+,16?,17?,18?/m1/s1. The average molecular weight is 381 g/mol. The van der Waals surface area contributed by atoms with Gasteiger partial charge in [-0.1, -0.05) is 19.9 Å². The van der Waals surface area contributed by atoms with Gasteiger partial charge in [0.25, 0.3) is 5.69 Å². The molecule has 9 heteroatoms. The smallest absolute Gasteiger partial charge is 0.303 e. The minimum atomic E-state index is -0.998. The van der Waals surface area contributed by atoms with E-state index in [1.54, 1.807) is 6.07 Å². The van der Waals surface area contributed by atoms with Crippen LogP contribution in [0.4, 0.5) is 5.69 Å². The molecule has 1 aliphatic heterocycles. The van der Waals surface area contributed by atoms with Gasteiger partial charge in [0.2, 0.25) is 6.29 Å². The molecule has 0 spiro atoms. The first kappa shape index (κ1) is 20.6. The Balaban J connectivity index is 2.23. The highest BCUT2D eigenvalue weighted by Crippen LogP contribution is 2.34. The van der Waals surface area contributed by atoms with Gasteiger partial charge in [0.05, 0.1) is 17.1 Å². The maximum atomic E-state index is 11.5. The van der Waals surface area contributed by atoms with Gasteiger partial charge in [0.1, 0.15) is 12.4 Å². The predicted octanol–water partition coefficient (Wildman–Crippen LogP) is 2.47. The number of hydrogen-bond acceptors (Lipinski definition) is 8. The van der Waals surface area contributed by atoms with Crippen molar-refractivity contribution in [1.82, 2.24) is 0 Å². The Morgan fingerprint density at radius 3 is 2.48 bits per heavy atom. The van der Waals surface area contributed by atoms with Gasteiger partial charge in [-0.3, -0.25) is 19.7 Å². The highest BCUT2D eigenvalue weighted by Gasteiger charge is 2.45. The van der Waals surface area contributed by atoms with Crippen LogP contribution in [0.3, 0.4) is 0 Å². The van der Waals surface area contributed by atoms with E-state index in [1.165, 1.54) is 32.0 Å². The molecule has 1 saturated heterocycles. The Hall–Kier alpha value is -2.68. The molecule has 1 aromatic rings. The van der Waals surface area contributed by atoms with E-state index >= 15 is 0 Å². The van der Waals surface area contributed by atoms with Crippen LogP contribution < -0.4 is 4.74 Å². The van der Waals surface area contributed by atoms with E-state index in [-0.39, 0.29) is 29.9 Å². The lowest BCUT2D eigenvalue weighted by atomic mass is 9.83. The molecule has 1 fully saturated rings. The van der Waals surface area contributed by atoms with Crippen molar-refractivity contribution in [3.05, 3.63) is 34.4 Å². The second kappa shape index (κ2) is 8.81. The molecule has 148 valence electrons. The molecule has 1 aliphatic rings. The van der Waals surface area contributed by atoms with Crippen LogP contribution in [0.2, 0.25) is 0 Å². The molecular formula is C18H23NO8. The fourth-order valence-corrected chi connectivity index (χ4v) is 2.90. The topological polar surface area (TPSA) is 114 Å². The number of carbonyl (C=O) groups excluding carboxylic acids is 2. The van der Waals surface area contributed by atoms with Gasteiger partial charge in [0, 0.05) is 25.8 Å². The second-order valence-electron chi connectivity index (χ2n) is 6.51. The van der Waals surface area contributed by atoms with Gasteiger partial charge < -0.3 is 18.9 Å². The third-order valence-corrected chi connectivity index (χ3v) is 4.54. The van der Waals surface area contributed by atoms with E-state index in [0.29, 0.717) is 0 Å². The first-order valence-electron chi connectivity index (χ1n) is 8.56. The summed E-state index contributed by atoms with van der Waals surface area (Å²) in [5.74, 6) is -0.963. The summed E-state index contributed by atoms with van der Waals surface area (Å²) in [5.41, 5.74) is -0.134. The zero-order valence-corrected chi connectivity index (χ0v) is 15.6. The lowest BCUT2D eigenvalue weighted by molar-refractivity contribution is -0.385. The van der Waals surface area contributed by atoms with Gasteiger partial charge in [0.15, 0.2) is 6.10 Å². The molecule has 1 aromatic carbocycles. The van der Waals surface area contributed by atoms with Crippen LogP contribution in [0.15, 0.2) is 24.3 Å². The SMILES string of the molecule is CC(=O)OCC1OC(Oc2cccc([N+](=O)[O-])c2)C(OC(C)=O)[C@@H](C)[C@H]1C. The first-order chi connectivity index (χ1) is 12.7. The number of hydrogen-bond donors (Lipinski definition) is 0. The van der Waals surface area contributed by atoms with Crippen LogP contribution >= 0.6 is 0 Å². The van der Waals surface area contributed by atoms with Crippen LogP contribution in [0.5, 0.6) is 5.75 Å². The van der Waals surface area contributed by atoms with E-state index < -0.39 is 35.4 Å². The average Bonchev–Trinajstić information content (AvgIpc) is 2.60. The minimum absolute atomic E-state index is 0.0302. The van der Waals surface area contributed by atoms with Crippen molar-refractivity contribution in [2.75, 3.05) is 6.61 Å². The van der Waals surface area contributed by atoms with Crippen molar-refractivity contribution in [2.24, 2.45) is 11.8 Å². The van der Waals surface area contributed by atoms with Crippen LogP contribution in [0.1, 0.15) is 27.7 Å². The monoisotopic (exact) mass is 381 g/mol. The van der Waals surface area contributed by atoms with Crippen LogP contribution in [-0.4, -0.2) is 42.0 Å². The minimum Gasteiger partial charge on any atom is -0.463 e. The molecule has 0 aliphatic carbocycles. The molecular weight excluding hydrogens is 358 g/mol. The number of non-ortho nitro benzene ring substituents is 1. The van der Waals surface area contributed by atoms with Crippen molar-refractivity contribution >= 4 is 17.6 Å². The predicted molar refractivity (Wildman–Crippen MR) is 92.9 cm³/mol. The van der Waals surface area contributed by atoms with Crippen molar-refractivity contribution in [2.45, 2.75) is 46.2 Å². The summed E-state index contributed by atoms with van der Waals surface area (Å²) < 4.78 is 22.1. The molecule has 5 atom stereocenters. The summed E-state index contributed by atoms with van der Waals surface area (Å²) in [6, 6.07) is 5.63. The second-order valence-corrected chi connectivity index (χ2v) is 6.51. The van der Waals surface area contributed by atoms with E-state index in [0.717, 1.165) is 0 Å². The van der Waals surface area contributed by atoms with Crippen LogP contribution in [0.25, 0.3) is 0 Å². The Kier molecular flexibility index (Phi) is 6.73. The molecule has 3 unspecified atom stereocenters. The summed E-state index contributed by atoms with van der Waals surface area (Å²) in [6.07, 6.45) is -2.19. The molecule has 0 aromatic heterocycles. The molecule has 9 nitrogen and oxygen atoms in total. The third-order valence-electron chi connectivity index (χ3n) is 4.54. The Morgan fingerprint density at radius 2 is 1.89 bits per heavy atom. The van der Waals surface area contributed by atoms with Crippen molar-refractivity contribution < 1.29 is 33.5 Å². The molecule has 0 amide bonds. The summed E-state index contributed by atoms with van der Waals surface area (Å²) in [5, 5.41) is 11.0. The Morgan fingerprint density at radius 1 is 1.19 bits per heavy atom. The summed E-state index contributed by atoms with van der Waals surface area (Å²) in [7, 11) is 0. The largest absolute Gasteiger partial charge is 0.463 e. The maximum Gasteiger partial charge on any atom is 0.303 e. The quantitative estimate of drug-likeness (QED) is 0.419. The maximum absolute atomic E-state index is 11.5. The van der Waals surface area contributed by atoms with E-state index in [4.69, 9.17) is 18.9 Å². The van der Waals surface area contributed by atoms with E-state index in [2.05, 4.69) is 0 Å². The highest BCUT2D eigenvalue weighted by molar-refractivity contribution is 5.66. The number of nitrogens with zero attached hydrogens (tertiary/aromatic N) is 1. The number of nitro benzene ring substituents is 1. The third kappa shape index (κ3) is 5.40. The summed E-state index contributed by atoms with van der Waals surface area (Å²) in [4.78, 5) is 33.0. The van der Waals surface area contributed by atoms with Gasteiger partial charge in [-0.25, -0.2) is 0 Å². The fourth-order valence-electron chi connectivity index (χ4n) is 2.90. The first-order valence-corrected chi connectivity index (χ1v) is 8.56. The van der Waals surface area contributed by atoms with Gasteiger partial charge >= 0.3 is 11.9 Å². The lowest BCUT2D eigenvalue weighted by Crippen LogP contribution is -2.54. The summed E-state index contributed by atoms with van der Waals surface area (Å²) >= 11 is 0. The fraction of sp³-hybridized carbons (Fsp3) is 0.556. The number of rotatable bonds is 6. The molecule has 0 bridgehead atoms. The van der Waals surface area contributed by atoms with Crippen molar-refractivity contribution in [3.8, 4) is 5.75 Å². The van der Waals surface area contributed by atoms with Gasteiger partial charge in [-0.15, -0.1) is 0 Å². The Bertz CT molecular complexity index is 704. The number of ether oxygens (including phenoxy) is 4. The Labute approximate surface area is 156 Å². The van der Waals surface area contributed by atoms with Gasteiger partial charge in [-0.05, 0) is 12.0 Å².